The number of ether oxygens (including phenoxy) is 3. The molecule has 0 fully saturated rings. The van der Waals surface area contributed by atoms with Gasteiger partial charge in [-0.25, -0.2) is 0 Å². The van der Waals surface area contributed by atoms with Crippen molar-refractivity contribution in [1.29, 1.82) is 0 Å². The van der Waals surface area contributed by atoms with Gasteiger partial charge < -0.3 is 14.2 Å². The van der Waals surface area contributed by atoms with Crippen LogP contribution in [0.1, 0.15) is 361 Å². The molecule has 0 aliphatic heterocycles. The standard InChI is InChI=1S/C74H132O6/c1-4-7-10-13-16-19-22-24-26-28-30-32-33-34-35-36-37-38-39-40-41-43-44-46-48-50-52-55-58-61-64-67-73(76)79-70-71(69-78-72(75)66-63-60-57-54-21-18-15-12-9-6-3)80-74(77)68-65-62-59-56-53-51-49-47-45-42-31-29-27-25-23-20-17-14-11-8-5-2/h7,10,12,15-16,19,24,26,30,32,34-35,71H,4-6,8-9,11,13-14,17-18,20-23,25,27-29,31,33,36-70H2,1-3H3/b10-7-,15-12-,19-16-,26-24-,32-30-,35-34-. The van der Waals surface area contributed by atoms with Gasteiger partial charge in [-0.1, -0.05) is 331 Å². The van der Waals surface area contributed by atoms with E-state index < -0.39 is 6.10 Å². The number of esters is 3. The molecular formula is C74H132O6. The van der Waals surface area contributed by atoms with Crippen molar-refractivity contribution >= 4 is 17.9 Å². The lowest BCUT2D eigenvalue weighted by molar-refractivity contribution is -0.167. The first-order valence-corrected chi connectivity index (χ1v) is 34.9. The van der Waals surface area contributed by atoms with Gasteiger partial charge in [0.1, 0.15) is 13.2 Å². The molecule has 0 radical (unpaired) electrons. The zero-order valence-corrected chi connectivity index (χ0v) is 53.3. The first-order chi connectivity index (χ1) is 39.5. The number of rotatable bonds is 64. The van der Waals surface area contributed by atoms with Crippen molar-refractivity contribution in [2.75, 3.05) is 13.2 Å². The molecule has 0 heterocycles. The Morgan fingerprint density at radius 1 is 0.263 bits per heavy atom. The lowest BCUT2D eigenvalue weighted by atomic mass is 10.0. The highest BCUT2D eigenvalue weighted by Gasteiger charge is 2.19. The van der Waals surface area contributed by atoms with Crippen LogP contribution in [0.25, 0.3) is 0 Å². The normalized spacial score (nSPS) is 12.5. The minimum atomic E-state index is -0.776. The Morgan fingerprint density at radius 3 is 0.825 bits per heavy atom. The number of carbonyl (C=O) groups is 3. The summed E-state index contributed by atoms with van der Waals surface area (Å²) in [7, 11) is 0. The quantitative estimate of drug-likeness (QED) is 0.0261. The second kappa shape index (κ2) is 68.3. The molecule has 0 aromatic carbocycles. The highest BCUT2D eigenvalue weighted by Crippen LogP contribution is 2.18. The van der Waals surface area contributed by atoms with Crippen molar-refractivity contribution < 1.29 is 28.6 Å². The summed E-state index contributed by atoms with van der Waals surface area (Å²) < 4.78 is 16.9. The Balaban J connectivity index is 4.13. The molecule has 1 unspecified atom stereocenters. The largest absolute Gasteiger partial charge is 0.462 e. The van der Waals surface area contributed by atoms with Crippen LogP contribution in [0.4, 0.5) is 0 Å². The molecular weight excluding hydrogens is 985 g/mol. The number of allylic oxidation sites excluding steroid dienone is 12. The van der Waals surface area contributed by atoms with E-state index in [0.717, 1.165) is 103 Å². The summed E-state index contributed by atoms with van der Waals surface area (Å²) in [6.07, 6.45) is 89.4. The second-order valence-corrected chi connectivity index (χ2v) is 23.4. The van der Waals surface area contributed by atoms with Gasteiger partial charge in [-0.3, -0.25) is 14.4 Å². The van der Waals surface area contributed by atoms with Crippen LogP contribution in [0, 0.1) is 0 Å². The second-order valence-electron chi connectivity index (χ2n) is 23.4. The molecule has 0 bridgehead atoms. The molecule has 6 nitrogen and oxygen atoms in total. The fourth-order valence-corrected chi connectivity index (χ4v) is 10.2. The van der Waals surface area contributed by atoms with Gasteiger partial charge >= 0.3 is 17.9 Å². The van der Waals surface area contributed by atoms with E-state index in [1.165, 1.54) is 218 Å². The summed E-state index contributed by atoms with van der Waals surface area (Å²) in [6.45, 7) is 6.51. The maximum atomic E-state index is 12.9. The van der Waals surface area contributed by atoms with E-state index in [4.69, 9.17) is 14.2 Å². The summed E-state index contributed by atoms with van der Waals surface area (Å²) in [5.41, 5.74) is 0. The molecule has 6 heteroatoms. The van der Waals surface area contributed by atoms with Crippen LogP contribution in [0.3, 0.4) is 0 Å². The van der Waals surface area contributed by atoms with E-state index in [0.29, 0.717) is 19.3 Å². The van der Waals surface area contributed by atoms with Gasteiger partial charge in [0.15, 0.2) is 6.10 Å². The predicted molar refractivity (Wildman–Crippen MR) is 348 cm³/mol. The fourth-order valence-electron chi connectivity index (χ4n) is 10.2. The van der Waals surface area contributed by atoms with Gasteiger partial charge in [0, 0.05) is 19.3 Å². The van der Waals surface area contributed by atoms with E-state index in [9.17, 15) is 14.4 Å². The topological polar surface area (TPSA) is 78.9 Å². The monoisotopic (exact) mass is 1120 g/mol. The number of unbranched alkanes of at least 4 members (excludes halogenated alkanes) is 41. The molecule has 0 aromatic rings. The Hall–Kier alpha value is -3.15. The lowest BCUT2D eigenvalue weighted by Crippen LogP contribution is -2.30. The predicted octanol–water partition coefficient (Wildman–Crippen LogP) is 24.1. The molecule has 1 atom stereocenters. The van der Waals surface area contributed by atoms with Crippen molar-refractivity contribution in [3.05, 3.63) is 72.9 Å². The summed E-state index contributed by atoms with van der Waals surface area (Å²) in [5.74, 6) is -0.863. The zero-order valence-electron chi connectivity index (χ0n) is 53.3. The summed E-state index contributed by atoms with van der Waals surface area (Å²) in [6, 6.07) is 0. The maximum absolute atomic E-state index is 12.9. The smallest absolute Gasteiger partial charge is 0.306 e. The van der Waals surface area contributed by atoms with Crippen molar-refractivity contribution in [2.24, 2.45) is 0 Å². The Bertz CT molecular complexity index is 1470. The molecule has 0 aliphatic carbocycles. The third-order valence-electron chi connectivity index (χ3n) is 15.4. The molecule has 464 valence electrons. The summed E-state index contributed by atoms with van der Waals surface area (Å²) >= 11 is 0. The van der Waals surface area contributed by atoms with E-state index in [1.54, 1.807) is 0 Å². The van der Waals surface area contributed by atoms with Gasteiger partial charge in [-0.05, 0) is 83.5 Å². The van der Waals surface area contributed by atoms with Crippen LogP contribution in [-0.2, 0) is 28.6 Å². The molecule has 80 heavy (non-hydrogen) atoms. The van der Waals surface area contributed by atoms with Gasteiger partial charge in [-0.2, -0.15) is 0 Å². The molecule has 0 saturated heterocycles. The highest BCUT2D eigenvalue weighted by molar-refractivity contribution is 5.71. The molecule has 0 spiro atoms. The maximum Gasteiger partial charge on any atom is 0.306 e. The summed E-state index contributed by atoms with van der Waals surface area (Å²) in [4.78, 5) is 38.3. The third kappa shape index (κ3) is 65.7. The van der Waals surface area contributed by atoms with Gasteiger partial charge in [-0.15, -0.1) is 0 Å². The van der Waals surface area contributed by atoms with Gasteiger partial charge in [0.25, 0.3) is 0 Å². The van der Waals surface area contributed by atoms with Crippen molar-refractivity contribution in [3.63, 3.8) is 0 Å². The highest BCUT2D eigenvalue weighted by atomic mass is 16.6. The fraction of sp³-hybridized carbons (Fsp3) is 0.797. The van der Waals surface area contributed by atoms with E-state index in [1.807, 2.05) is 0 Å². The molecule has 0 rings (SSSR count). The SMILES string of the molecule is CC/C=C\C/C=C\C/C=C\C/C=C\C/C=C\CCCCCCCCCCCCCCCCCC(=O)OCC(COC(=O)CCCCCCC/C=C\CCC)OC(=O)CCCCCCCCCCCCCCCCCCCCCCC. The Kier molecular flexibility index (Phi) is 65.7. The van der Waals surface area contributed by atoms with Crippen molar-refractivity contribution in [2.45, 2.75) is 367 Å². The molecule has 0 amide bonds. The first-order valence-electron chi connectivity index (χ1n) is 34.9. The Morgan fingerprint density at radius 2 is 0.512 bits per heavy atom. The number of carbonyl (C=O) groups excluding carboxylic acids is 3. The van der Waals surface area contributed by atoms with Gasteiger partial charge in [0.2, 0.25) is 0 Å². The Labute approximate surface area is 497 Å². The minimum absolute atomic E-state index is 0.0731. The van der Waals surface area contributed by atoms with Crippen molar-refractivity contribution in [3.8, 4) is 0 Å². The van der Waals surface area contributed by atoms with Crippen LogP contribution >= 0.6 is 0 Å². The van der Waals surface area contributed by atoms with Crippen LogP contribution < -0.4 is 0 Å². The summed E-state index contributed by atoms with van der Waals surface area (Å²) in [5, 5.41) is 0. The average Bonchev–Trinajstić information content (AvgIpc) is 3.46. The molecule has 0 aliphatic rings. The molecule has 0 saturated carbocycles. The third-order valence-corrected chi connectivity index (χ3v) is 15.4. The minimum Gasteiger partial charge on any atom is -0.462 e. The first kappa shape index (κ1) is 76.9. The van der Waals surface area contributed by atoms with E-state index in [2.05, 4.69) is 93.7 Å². The van der Waals surface area contributed by atoms with Crippen LogP contribution in [-0.4, -0.2) is 37.2 Å². The van der Waals surface area contributed by atoms with Crippen molar-refractivity contribution in [1.82, 2.24) is 0 Å². The average molecular weight is 1120 g/mol. The van der Waals surface area contributed by atoms with Crippen LogP contribution in [0.15, 0.2) is 72.9 Å². The van der Waals surface area contributed by atoms with E-state index in [-0.39, 0.29) is 31.1 Å². The zero-order chi connectivity index (χ0) is 57.8. The van der Waals surface area contributed by atoms with Gasteiger partial charge in [0.05, 0.1) is 0 Å². The lowest BCUT2D eigenvalue weighted by Gasteiger charge is -2.18. The molecule has 0 N–H and O–H groups in total. The van der Waals surface area contributed by atoms with E-state index >= 15 is 0 Å². The van der Waals surface area contributed by atoms with Crippen LogP contribution in [0.2, 0.25) is 0 Å². The van der Waals surface area contributed by atoms with Crippen LogP contribution in [0.5, 0.6) is 0 Å². The molecule has 0 aromatic heterocycles. The number of hydrogen-bond donors (Lipinski definition) is 0. The number of hydrogen-bond acceptors (Lipinski definition) is 6.